The SMILES string of the molecule is CC1CCN(c2cccc3c2CCCN3)CC1. The van der Waals surface area contributed by atoms with Crippen molar-refractivity contribution in [3.63, 3.8) is 0 Å². The molecule has 0 radical (unpaired) electrons. The van der Waals surface area contributed by atoms with Crippen LogP contribution in [0.25, 0.3) is 0 Å². The molecule has 1 aromatic rings. The third-order valence-electron chi connectivity index (χ3n) is 4.19. The summed E-state index contributed by atoms with van der Waals surface area (Å²) in [5.41, 5.74) is 4.40. The summed E-state index contributed by atoms with van der Waals surface area (Å²) in [5.74, 6) is 0.906. The maximum atomic E-state index is 3.52. The second-order valence-electron chi connectivity index (χ2n) is 5.50. The molecule has 1 N–H and O–H groups in total. The number of fused-ring (bicyclic) bond motifs is 1. The van der Waals surface area contributed by atoms with E-state index in [1.807, 2.05) is 0 Å². The standard InChI is InChI=1S/C15H22N2/c1-12-7-10-17(11-8-12)15-6-2-5-14-13(15)4-3-9-16-14/h2,5-6,12,16H,3-4,7-11H2,1H3. The summed E-state index contributed by atoms with van der Waals surface area (Å²) in [7, 11) is 0. The van der Waals surface area contributed by atoms with Crippen LogP contribution in [-0.2, 0) is 6.42 Å². The van der Waals surface area contributed by atoms with E-state index in [1.165, 1.54) is 50.1 Å². The van der Waals surface area contributed by atoms with Gasteiger partial charge in [-0.2, -0.15) is 0 Å². The largest absolute Gasteiger partial charge is 0.385 e. The lowest BCUT2D eigenvalue weighted by atomic mass is 9.96. The van der Waals surface area contributed by atoms with Gasteiger partial charge in [0.25, 0.3) is 0 Å². The molecule has 2 aliphatic heterocycles. The van der Waals surface area contributed by atoms with Crippen molar-refractivity contribution in [2.45, 2.75) is 32.6 Å². The van der Waals surface area contributed by atoms with E-state index >= 15 is 0 Å². The highest BCUT2D eigenvalue weighted by atomic mass is 15.1. The van der Waals surface area contributed by atoms with Gasteiger partial charge in [0.2, 0.25) is 0 Å². The summed E-state index contributed by atoms with van der Waals surface area (Å²) < 4.78 is 0. The lowest BCUT2D eigenvalue weighted by Crippen LogP contribution is -2.34. The highest BCUT2D eigenvalue weighted by Crippen LogP contribution is 2.33. The fourth-order valence-electron chi connectivity index (χ4n) is 3.04. The van der Waals surface area contributed by atoms with Gasteiger partial charge in [0.15, 0.2) is 0 Å². The Morgan fingerprint density at radius 2 is 2.06 bits per heavy atom. The molecule has 0 bridgehead atoms. The molecule has 92 valence electrons. The van der Waals surface area contributed by atoms with Crippen molar-refractivity contribution in [3.05, 3.63) is 23.8 Å². The third kappa shape index (κ3) is 2.13. The number of benzene rings is 1. The van der Waals surface area contributed by atoms with Gasteiger partial charge in [0.1, 0.15) is 0 Å². The van der Waals surface area contributed by atoms with Gasteiger partial charge in [0.05, 0.1) is 0 Å². The van der Waals surface area contributed by atoms with Gasteiger partial charge < -0.3 is 10.2 Å². The van der Waals surface area contributed by atoms with Crippen molar-refractivity contribution in [1.82, 2.24) is 0 Å². The van der Waals surface area contributed by atoms with Gasteiger partial charge in [0, 0.05) is 31.0 Å². The molecule has 2 heteroatoms. The number of hydrogen-bond acceptors (Lipinski definition) is 2. The van der Waals surface area contributed by atoms with Crippen LogP contribution in [0.1, 0.15) is 31.7 Å². The van der Waals surface area contributed by atoms with Crippen molar-refractivity contribution in [2.24, 2.45) is 5.92 Å². The molecule has 3 rings (SSSR count). The number of nitrogens with one attached hydrogen (secondary N) is 1. The molecule has 0 atom stereocenters. The molecule has 2 heterocycles. The summed E-state index contributed by atoms with van der Waals surface area (Å²) in [5, 5.41) is 3.52. The Balaban J connectivity index is 1.87. The van der Waals surface area contributed by atoms with E-state index in [0.29, 0.717) is 0 Å². The van der Waals surface area contributed by atoms with Crippen molar-refractivity contribution in [3.8, 4) is 0 Å². The quantitative estimate of drug-likeness (QED) is 0.796. The van der Waals surface area contributed by atoms with Crippen molar-refractivity contribution in [2.75, 3.05) is 29.9 Å². The minimum Gasteiger partial charge on any atom is -0.385 e. The first-order valence-electron chi connectivity index (χ1n) is 6.95. The Hall–Kier alpha value is -1.18. The summed E-state index contributed by atoms with van der Waals surface area (Å²) >= 11 is 0. The molecule has 0 unspecified atom stereocenters. The van der Waals surface area contributed by atoms with Crippen LogP contribution in [0.15, 0.2) is 18.2 Å². The average molecular weight is 230 g/mol. The molecule has 17 heavy (non-hydrogen) atoms. The van der Waals surface area contributed by atoms with E-state index in [2.05, 4.69) is 35.3 Å². The molecule has 1 saturated heterocycles. The number of hydrogen-bond donors (Lipinski definition) is 1. The van der Waals surface area contributed by atoms with E-state index in [0.717, 1.165) is 12.5 Å². The second-order valence-corrected chi connectivity index (χ2v) is 5.50. The molecule has 0 saturated carbocycles. The van der Waals surface area contributed by atoms with Crippen LogP contribution >= 0.6 is 0 Å². The maximum Gasteiger partial charge on any atom is 0.0419 e. The predicted molar refractivity (Wildman–Crippen MR) is 73.9 cm³/mol. The molecule has 2 nitrogen and oxygen atoms in total. The van der Waals surface area contributed by atoms with Crippen LogP contribution in [-0.4, -0.2) is 19.6 Å². The Kier molecular flexibility index (Phi) is 2.96. The van der Waals surface area contributed by atoms with Crippen LogP contribution in [0, 0.1) is 5.92 Å². The predicted octanol–water partition coefficient (Wildman–Crippen LogP) is 3.28. The minimum atomic E-state index is 0.906. The molecule has 1 aromatic carbocycles. The topological polar surface area (TPSA) is 15.3 Å². The second kappa shape index (κ2) is 4.59. The molecule has 0 spiro atoms. The summed E-state index contributed by atoms with van der Waals surface area (Å²) in [6, 6.07) is 6.73. The number of nitrogens with zero attached hydrogens (tertiary/aromatic N) is 1. The monoisotopic (exact) mass is 230 g/mol. The van der Waals surface area contributed by atoms with Gasteiger partial charge >= 0.3 is 0 Å². The highest BCUT2D eigenvalue weighted by molar-refractivity contribution is 5.68. The lowest BCUT2D eigenvalue weighted by molar-refractivity contribution is 0.438. The number of anilines is 2. The first kappa shape index (κ1) is 10.9. The zero-order valence-corrected chi connectivity index (χ0v) is 10.7. The summed E-state index contributed by atoms with van der Waals surface area (Å²) in [6.07, 6.45) is 5.20. The lowest BCUT2D eigenvalue weighted by Gasteiger charge is -2.35. The zero-order valence-electron chi connectivity index (χ0n) is 10.7. The molecule has 0 amide bonds. The van der Waals surface area contributed by atoms with Gasteiger partial charge in [-0.25, -0.2) is 0 Å². The number of piperidine rings is 1. The Labute approximate surface area is 104 Å². The van der Waals surface area contributed by atoms with Crippen LogP contribution in [0.2, 0.25) is 0 Å². The smallest absolute Gasteiger partial charge is 0.0419 e. The zero-order chi connectivity index (χ0) is 11.7. The van der Waals surface area contributed by atoms with Crippen LogP contribution < -0.4 is 10.2 Å². The molecule has 1 fully saturated rings. The van der Waals surface area contributed by atoms with Crippen LogP contribution in [0.5, 0.6) is 0 Å². The van der Waals surface area contributed by atoms with Gasteiger partial charge in [-0.3, -0.25) is 0 Å². The highest BCUT2D eigenvalue weighted by Gasteiger charge is 2.20. The van der Waals surface area contributed by atoms with Gasteiger partial charge in [-0.05, 0) is 49.3 Å². The van der Waals surface area contributed by atoms with E-state index < -0.39 is 0 Å². The fourth-order valence-corrected chi connectivity index (χ4v) is 3.04. The van der Waals surface area contributed by atoms with Gasteiger partial charge in [-0.15, -0.1) is 0 Å². The van der Waals surface area contributed by atoms with E-state index in [4.69, 9.17) is 0 Å². The number of rotatable bonds is 1. The van der Waals surface area contributed by atoms with Crippen molar-refractivity contribution >= 4 is 11.4 Å². The Bertz CT molecular complexity index is 392. The van der Waals surface area contributed by atoms with Crippen molar-refractivity contribution in [1.29, 1.82) is 0 Å². The Morgan fingerprint density at radius 3 is 2.88 bits per heavy atom. The van der Waals surface area contributed by atoms with E-state index in [1.54, 1.807) is 5.56 Å². The summed E-state index contributed by atoms with van der Waals surface area (Å²) in [4.78, 5) is 2.59. The molecular formula is C15H22N2. The average Bonchev–Trinajstić information content (AvgIpc) is 2.39. The normalized spacial score (nSPS) is 20.9. The maximum absolute atomic E-state index is 3.52. The third-order valence-corrected chi connectivity index (χ3v) is 4.19. The molecule has 0 aliphatic carbocycles. The fraction of sp³-hybridized carbons (Fsp3) is 0.600. The first-order chi connectivity index (χ1) is 8.34. The summed E-state index contributed by atoms with van der Waals surface area (Å²) in [6.45, 7) is 5.97. The van der Waals surface area contributed by atoms with Crippen LogP contribution in [0.4, 0.5) is 11.4 Å². The Morgan fingerprint density at radius 1 is 1.24 bits per heavy atom. The van der Waals surface area contributed by atoms with E-state index in [-0.39, 0.29) is 0 Å². The first-order valence-corrected chi connectivity index (χ1v) is 6.95. The van der Waals surface area contributed by atoms with E-state index in [9.17, 15) is 0 Å². The minimum absolute atomic E-state index is 0.906. The van der Waals surface area contributed by atoms with Gasteiger partial charge in [-0.1, -0.05) is 13.0 Å². The molecular weight excluding hydrogens is 208 g/mol. The van der Waals surface area contributed by atoms with Crippen molar-refractivity contribution < 1.29 is 0 Å². The van der Waals surface area contributed by atoms with Crippen LogP contribution in [0.3, 0.4) is 0 Å². The molecule has 0 aromatic heterocycles. The molecule has 2 aliphatic rings.